The van der Waals surface area contributed by atoms with Crippen molar-refractivity contribution in [3.05, 3.63) is 46.6 Å². The van der Waals surface area contributed by atoms with E-state index in [9.17, 15) is 0 Å². The summed E-state index contributed by atoms with van der Waals surface area (Å²) >= 11 is 6.47. The Morgan fingerprint density at radius 3 is 2.45 bits per heavy atom. The lowest BCUT2D eigenvalue weighted by Crippen LogP contribution is -2.34. The molecule has 0 bridgehead atoms. The number of anilines is 1. The first kappa shape index (κ1) is 36.1. The standard InChI is InChI=1S/C29H43ClN5O8P/c1-3-11-38-13-15-40-17-18-41-16-14-39-12-10-34(20-23-6-4-5-7-26(23)30)28(31)25-19-33-35(29(25)32-2)27-9-8-24(43-27)21-42-22-44(36)37/h1,4-7,19,24,27,31-32,36-37H,8-18,20-22H2,2H3. The summed E-state index contributed by atoms with van der Waals surface area (Å²) in [5.74, 6) is 3.32. The van der Waals surface area contributed by atoms with Gasteiger partial charge in [0, 0.05) is 25.2 Å². The first-order valence-electron chi connectivity index (χ1n) is 14.4. The zero-order chi connectivity index (χ0) is 31.6. The lowest BCUT2D eigenvalue weighted by atomic mass is 10.2. The van der Waals surface area contributed by atoms with E-state index in [0.717, 1.165) is 12.0 Å². The van der Waals surface area contributed by atoms with E-state index in [1.807, 2.05) is 29.2 Å². The monoisotopic (exact) mass is 655 g/mol. The molecule has 1 aromatic heterocycles. The molecule has 1 aliphatic heterocycles. The van der Waals surface area contributed by atoms with Crippen LogP contribution in [-0.2, 0) is 35.0 Å². The molecular weight excluding hydrogens is 613 g/mol. The van der Waals surface area contributed by atoms with E-state index in [-0.39, 0.29) is 37.7 Å². The maximum Gasteiger partial charge on any atom is 0.192 e. The molecule has 1 aromatic carbocycles. The van der Waals surface area contributed by atoms with Crippen LogP contribution < -0.4 is 5.32 Å². The number of hydrogen-bond donors (Lipinski definition) is 4. The minimum atomic E-state index is -2.10. The van der Waals surface area contributed by atoms with Crippen molar-refractivity contribution in [3.63, 3.8) is 0 Å². The van der Waals surface area contributed by atoms with E-state index in [1.54, 1.807) is 17.9 Å². The highest BCUT2D eigenvalue weighted by Gasteiger charge is 2.31. The van der Waals surface area contributed by atoms with Gasteiger partial charge in [0.2, 0.25) is 0 Å². The molecule has 0 amide bonds. The molecule has 2 heterocycles. The summed E-state index contributed by atoms with van der Waals surface area (Å²) in [6.45, 7) is 4.41. The van der Waals surface area contributed by atoms with Crippen LogP contribution in [0, 0.1) is 17.8 Å². The SMILES string of the molecule is C#CCOCCOCCOCCOCCN(Cc1ccccc1Cl)C(=N)c1cnn(C2CCC(COCP(O)O)O2)c1NC. The maximum atomic E-state index is 9.14. The van der Waals surface area contributed by atoms with E-state index in [4.69, 9.17) is 61.6 Å². The summed E-state index contributed by atoms with van der Waals surface area (Å²) in [6.07, 6.45) is 7.59. The second-order valence-electron chi connectivity index (χ2n) is 9.72. The zero-order valence-electron chi connectivity index (χ0n) is 25.0. The molecule has 0 radical (unpaired) electrons. The second kappa shape index (κ2) is 20.6. The Hall–Kier alpha value is -2.34. The normalized spacial score (nSPS) is 16.4. The number of amidine groups is 1. The summed E-state index contributed by atoms with van der Waals surface area (Å²) in [4.78, 5) is 20.0. The van der Waals surface area contributed by atoms with Gasteiger partial charge in [0.1, 0.15) is 24.6 Å². The van der Waals surface area contributed by atoms with E-state index in [2.05, 4.69) is 16.3 Å². The fraction of sp³-hybridized carbons (Fsp3) is 0.586. The van der Waals surface area contributed by atoms with E-state index >= 15 is 0 Å². The van der Waals surface area contributed by atoms with Gasteiger partial charge in [-0.25, -0.2) is 4.68 Å². The largest absolute Gasteiger partial charge is 0.377 e. The predicted octanol–water partition coefficient (Wildman–Crippen LogP) is 3.05. The molecule has 44 heavy (non-hydrogen) atoms. The van der Waals surface area contributed by atoms with Gasteiger partial charge < -0.3 is 48.4 Å². The number of benzene rings is 1. The average molecular weight is 656 g/mol. The zero-order valence-corrected chi connectivity index (χ0v) is 26.7. The van der Waals surface area contributed by atoms with Crippen LogP contribution in [0.15, 0.2) is 30.5 Å². The quantitative estimate of drug-likeness (QED) is 0.0487. The number of rotatable bonds is 22. The number of ether oxygens (including phenoxy) is 6. The predicted molar refractivity (Wildman–Crippen MR) is 168 cm³/mol. The molecule has 2 atom stereocenters. The van der Waals surface area contributed by atoms with Crippen molar-refractivity contribution in [2.24, 2.45) is 0 Å². The van der Waals surface area contributed by atoms with Crippen molar-refractivity contribution < 1.29 is 38.2 Å². The molecular formula is C29H43ClN5O8P. The first-order valence-corrected chi connectivity index (χ1v) is 16.2. The molecule has 3 rings (SSSR count). The van der Waals surface area contributed by atoms with Gasteiger partial charge in [-0.15, -0.1) is 6.42 Å². The van der Waals surface area contributed by atoms with Gasteiger partial charge in [-0.05, 0) is 24.5 Å². The Labute approximate surface area is 265 Å². The van der Waals surface area contributed by atoms with Crippen LogP contribution in [0.2, 0.25) is 5.02 Å². The van der Waals surface area contributed by atoms with Crippen LogP contribution in [0.4, 0.5) is 5.82 Å². The number of hydrogen-bond acceptors (Lipinski definition) is 11. The lowest BCUT2D eigenvalue weighted by molar-refractivity contribution is -0.0391. The molecule has 244 valence electrons. The molecule has 0 spiro atoms. The number of terminal acetylenes is 1. The molecule has 0 aliphatic carbocycles. The number of halogens is 1. The third-order valence-electron chi connectivity index (χ3n) is 6.60. The average Bonchev–Trinajstić information content (AvgIpc) is 3.66. The summed E-state index contributed by atoms with van der Waals surface area (Å²) in [6, 6.07) is 7.56. The number of aromatic nitrogens is 2. The van der Waals surface area contributed by atoms with E-state index in [1.165, 1.54) is 0 Å². The van der Waals surface area contributed by atoms with Gasteiger partial charge in [-0.2, -0.15) is 5.10 Å². The summed E-state index contributed by atoms with van der Waals surface area (Å²) in [5.41, 5.74) is 1.50. The first-order chi connectivity index (χ1) is 21.4. The Bertz CT molecular complexity index is 1170. The van der Waals surface area contributed by atoms with Gasteiger partial charge >= 0.3 is 0 Å². The smallest absolute Gasteiger partial charge is 0.192 e. The van der Waals surface area contributed by atoms with Gasteiger partial charge in [-0.1, -0.05) is 35.7 Å². The van der Waals surface area contributed by atoms with Crippen molar-refractivity contribution in [2.45, 2.75) is 31.7 Å². The molecule has 1 saturated heterocycles. The third-order valence-corrected chi connectivity index (χ3v) is 7.38. The number of nitrogens with zero attached hydrogens (tertiary/aromatic N) is 3. The van der Waals surface area contributed by atoms with Crippen LogP contribution in [0.25, 0.3) is 0 Å². The van der Waals surface area contributed by atoms with Gasteiger partial charge in [0.05, 0.1) is 70.7 Å². The Balaban J connectivity index is 1.53. The molecule has 0 saturated carbocycles. The molecule has 1 fully saturated rings. The Morgan fingerprint density at radius 1 is 1.11 bits per heavy atom. The fourth-order valence-corrected chi connectivity index (χ4v) is 4.96. The highest BCUT2D eigenvalue weighted by atomic mass is 35.5. The lowest BCUT2D eigenvalue weighted by Gasteiger charge is -2.26. The molecule has 15 heteroatoms. The van der Waals surface area contributed by atoms with Gasteiger partial charge in [-0.3, -0.25) is 5.41 Å². The maximum absolute atomic E-state index is 9.14. The van der Waals surface area contributed by atoms with Gasteiger partial charge in [0.15, 0.2) is 14.6 Å². The highest BCUT2D eigenvalue weighted by molar-refractivity contribution is 7.44. The van der Waals surface area contributed by atoms with E-state index < -0.39 is 8.38 Å². The molecule has 13 nitrogen and oxygen atoms in total. The topological polar surface area (TPSA) is 153 Å². The van der Waals surface area contributed by atoms with Crippen molar-refractivity contribution in [2.75, 3.05) is 84.7 Å². The summed E-state index contributed by atoms with van der Waals surface area (Å²) < 4.78 is 35.1. The fourth-order valence-electron chi connectivity index (χ4n) is 4.50. The third kappa shape index (κ3) is 12.2. The summed E-state index contributed by atoms with van der Waals surface area (Å²) in [7, 11) is -0.315. The molecule has 4 N–H and O–H groups in total. The van der Waals surface area contributed by atoms with Crippen LogP contribution >= 0.6 is 20.0 Å². The minimum Gasteiger partial charge on any atom is -0.377 e. The van der Waals surface area contributed by atoms with Crippen molar-refractivity contribution in [3.8, 4) is 12.3 Å². The van der Waals surface area contributed by atoms with Gasteiger partial charge in [0.25, 0.3) is 0 Å². The second-order valence-corrected chi connectivity index (χ2v) is 11.1. The van der Waals surface area contributed by atoms with Crippen LogP contribution in [0.1, 0.15) is 30.2 Å². The molecule has 2 unspecified atom stereocenters. The number of nitrogens with one attached hydrogen (secondary N) is 2. The van der Waals surface area contributed by atoms with E-state index in [0.29, 0.717) is 82.2 Å². The Kier molecular flexibility index (Phi) is 17.0. The highest BCUT2D eigenvalue weighted by Crippen LogP contribution is 2.33. The van der Waals surface area contributed by atoms with Crippen molar-refractivity contribution in [1.82, 2.24) is 14.7 Å². The van der Waals surface area contributed by atoms with Crippen molar-refractivity contribution >= 4 is 31.6 Å². The molecule has 2 aromatic rings. The van der Waals surface area contributed by atoms with Crippen LogP contribution in [-0.4, -0.2) is 116 Å². The van der Waals surface area contributed by atoms with Crippen LogP contribution in [0.3, 0.4) is 0 Å². The summed E-state index contributed by atoms with van der Waals surface area (Å²) in [5, 5.41) is 17.5. The minimum absolute atomic E-state index is 0.109. The molecule has 1 aliphatic rings. The van der Waals surface area contributed by atoms with Crippen molar-refractivity contribution in [1.29, 1.82) is 5.41 Å². The Morgan fingerprint density at radius 2 is 1.80 bits per heavy atom. The van der Waals surface area contributed by atoms with Crippen LogP contribution in [0.5, 0.6) is 0 Å².